The SMILES string of the molecule is Cc1nn(CC(=O)N/N=C/c2cccc(OCc3ccccc3)c2)c(C)c1Br. The lowest BCUT2D eigenvalue weighted by atomic mass is 10.2. The van der Waals surface area contributed by atoms with Crippen LogP contribution in [0.3, 0.4) is 0 Å². The van der Waals surface area contributed by atoms with Crippen LogP contribution >= 0.6 is 15.9 Å². The number of ether oxygens (including phenoxy) is 1. The predicted molar refractivity (Wildman–Crippen MR) is 112 cm³/mol. The van der Waals surface area contributed by atoms with Gasteiger partial charge in [-0.1, -0.05) is 42.5 Å². The lowest BCUT2D eigenvalue weighted by Crippen LogP contribution is -2.24. The van der Waals surface area contributed by atoms with Gasteiger partial charge in [-0.25, -0.2) is 5.43 Å². The van der Waals surface area contributed by atoms with Crippen molar-refractivity contribution in [2.24, 2.45) is 5.10 Å². The number of carbonyl (C=O) groups excluding carboxylic acids is 1. The van der Waals surface area contributed by atoms with Gasteiger partial charge in [0.15, 0.2) is 0 Å². The summed E-state index contributed by atoms with van der Waals surface area (Å²) >= 11 is 3.45. The molecule has 1 heterocycles. The molecule has 0 atom stereocenters. The maximum absolute atomic E-state index is 12.1. The zero-order valence-corrected chi connectivity index (χ0v) is 17.3. The van der Waals surface area contributed by atoms with E-state index in [4.69, 9.17) is 4.74 Å². The number of hydrogen-bond acceptors (Lipinski definition) is 4. The summed E-state index contributed by atoms with van der Waals surface area (Å²) in [6.45, 7) is 4.39. The van der Waals surface area contributed by atoms with E-state index in [1.165, 1.54) is 0 Å². The first-order chi connectivity index (χ1) is 13.5. The van der Waals surface area contributed by atoms with Crippen LogP contribution in [-0.4, -0.2) is 21.9 Å². The molecule has 7 heteroatoms. The van der Waals surface area contributed by atoms with Crippen LogP contribution in [0, 0.1) is 13.8 Å². The van der Waals surface area contributed by atoms with E-state index in [0.717, 1.165) is 32.7 Å². The number of halogens is 1. The van der Waals surface area contributed by atoms with Crippen LogP contribution in [-0.2, 0) is 17.9 Å². The molecule has 0 spiro atoms. The number of hydrazone groups is 1. The molecule has 0 bridgehead atoms. The molecule has 1 N–H and O–H groups in total. The summed E-state index contributed by atoms with van der Waals surface area (Å²) in [7, 11) is 0. The van der Waals surface area contributed by atoms with E-state index in [2.05, 4.69) is 31.6 Å². The van der Waals surface area contributed by atoms with E-state index in [1.54, 1.807) is 10.9 Å². The third-order valence-corrected chi connectivity index (χ3v) is 5.24. The largest absolute Gasteiger partial charge is 0.489 e. The highest BCUT2D eigenvalue weighted by Crippen LogP contribution is 2.19. The van der Waals surface area contributed by atoms with Crippen molar-refractivity contribution >= 4 is 28.1 Å². The molecule has 1 amide bonds. The molecule has 144 valence electrons. The van der Waals surface area contributed by atoms with Crippen LogP contribution in [0.15, 0.2) is 64.2 Å². The Morgan fingerprint density at radius 1 is 1.21 bits per heavy atom. The third kappa shape index (κ3) is 5.29. The first-order valence-electron chi connectivity index (χ1n) is 8.81. The third-order valence-electron chi connectivity index (χ3n) is 4.10. The summed E-state index contributed by atoms with van der Waals surface area (Å²) in [5.41, 5.74) is 6.21. The van der Waals surface area contributed by atoms with Crippen molar-refractivity contribution in [2.75, 3.05) is 0 Å². The molecule has 28 heavy (non-hydrogen) atoms. The first-order valence-corrected chi connectivity index (χ1v) is 9.60. The second-order valence-corrected chi connectivity index (χ2v) is 7.08. The van der Waals surface area contributed by atoms with Crippen molar-refractivity contribution < 1.29 is 9.53 Å². The van der Waals surface area contributed by atoms with Gasteiger partial charge in [0.1, 0.15) is 18.9 Å². The summed E-state index contributed by atoms with van der Waals surface area (Å²) in [5, 5.41) is 8.34. The monoisotopic (exact) mass is 440 g/mol. The Morgan fingerprint density at radius 3 is 2.71 bits per heavy atom. The van der Waals surface area contributed by atoms with E-state index in [-0.39, 0.29) is 12.5 Å². The topological polar surface area (TPSA) is 68.5 Å². The quantitative estimate of drug-likeness (QED) is 0.445. The molecule has 0 saturated heterocycles. The van der Waals surface area contributed by atoms with Gasteiger partial charge in [-0.3, -0.25) is 9.48 Å². The number of aromatic nitrogens is 2. The van der Waals surface area contributed by atoms with Crippen LogP contribution in [0.2, 0.25) is 0 Å². The number of rotatable bonds is 7. The number of benzene rings is 2. The standard InChI is InChI=1S/C21H21BrN4O2/c1-15-21(22)16(2)26(25-15)13-20(27)24-23-12-18-9-6-10-19(11-18)28-14-17-7-4-3-5-8-17/h3-12H,13-14H2,1-2H3,(H,24,27)/b23-12+. The fourth-order valence-corrected chi connectivity index (χ4v) is 2.89. The molecule has 3 aromatic rings. The molecule has 0 radical (unpaired) electrons. The van der Waals surface area contributed by atoms with Crippen LogP contribution in [0.1, 0.15) is 22.5 Å². The van der Waals surface area contributed by atoms with E-state index in [0.29, 0.717) is 6.61 Å². The molecule has 3 rings (SSSR count). The molecule has 0 aliphatic carbocycles. The summed E-state index contributed by atoms with van der Waals surface area (Å²) in [6.07, 6.45) is 1.59. The summed E-state index contributed by atoms with van der Waals surface area (Å²) < 4.78 is 8.36. The minimum Gasteiger partial charge on any atom is -0.489 e. The minimum atomic E-state index is -0.245. The van der Waals surface area contributed by atoms with Crippen molar-refractivity contribution in [3.8, 4) is 5.75 Å². The summed E-state index contributed by atoms with van der Waals surface area (Å²) in [5.74, 6) is 0.498. The highest BCUT2D eigenvalue weighted by Gasteiger charge is 2.11. The Labute approximate surface area is 172 Å². The summed E-state index contributed by atoms with van der Waals surface area (Å²) in [6, 6.07) is 17.5. The van der Waals surface area contributed by atoms with Gasteiger partial charge in [0.25, 0.3) is 5.91 Å². The molecule has 0 saturated carbocycles. The van der Waals surface area contributed by atoms with Gasteiger partial charge in [0, 0.05) is 0 Å². The molecule has 0 aliphatic heterocycles. The average molecular weight is 441 g/mol. The smallest absolute Gasteiger partial charge is 0.261 e. The fourth-order valence-electron chi connectivity index (χ4n) is 2.60. The van der Waals surface area contributed by atoms with Crippen LogP contribution in [0.5, 0.6) is 5.75 Å². The zero-order valence-electron chi connectivity index (χ0n) is 15.7. The van der Waals surface area contributed by atoms with Gasteiger partial charge >= 0.3 is 0 Å². The van der Waals surface area contributed by atoms with Gasteiger partial charge in [0.05, 0.1) is 22.1 Å². The zero-order chi connectivity index (χ0) is 19.9. The number of hydrogen-bond donors (Lipinski definition) is 1. The number of nitrogens with one attached hydrogen (secondary N) is 1. The fraction of sp³-hybridized carbons (Fsp3) is 0.190. The second-order valence-electron chi connectivity index (χ2n) is 6.28. The van der Waals surface area contributed by atoms with Gasteiger partial charge in [-0.2, -0.15) is 10.2 Å². The van der Waals surface area contributed by atoms with Crippen LogP contribution in [0.4, 0.5) is 0 Å². The Balaban J connectivity index is 1.53. The average Bonchev–Trinajstić information content (AvgIpc) is 2.94. The van der Waals surface area contributed by atoms with Crippen LogP contribution in [0.25, 0.3) is 0 Å². The Morgan fingerprint density at radius 2 is 2.00 bits per heavy atom. The highest BCUT2D eigenvalue weighted by molar-refractivity contribution is 9.10. The van der Waals surface area contributed by atoms with Gasteiger partial charge in [-0.15, -0.1) is 0 Å². The van der Waals surface area contributed by atoms with Gasteiger partial charge in [-0.05, 0) is 53.0 Å². The maximum Gasteiger partial charge on any atom is 0.261 e. The van der Waals surface area contributed by atoms with E-state index in [1.807, 2.05) is 68.4 Å². The van der Waals surface area contributed by atoms with Crippen molar-refractivity contribution in [3.63, 3.8) is 0 Å². The Kier molecular flexibility index (Phi) is 6.60. The van der Waals surface area contributed by atoms with Crippen molar-refractivity contribution in [1.82, 2.24) is 15.2 Å². The lowest BCUT2D eigenvalue weighted by Gasteiger charge is -2.07. The number of carbonyl (C=O) groups is 1. The second kappa shape index (κ2) is 9.32. The lowest BCUT2D eigenvalue weighted by molar-refractivity contribution is -0.121. The molecule has 0 aliphatic rings. The molecule has 2 aromatic carbocycles. The highest BCUT2D eigenvalue weighted by atomic mass is 79.9. The molecular weight excluding hydrogens is 420 g/mol. The molecule has 0 unspecified atom stereocenters. The van der Waals surface area contributed by atoms with Gasteiger partial charge in [0.2, 0.25) is 0 Å². The first kappa shape index (κ1) is 19.8. The number of nitrogens with zero attached hydrogens (tertiary/aromatic N) is 3. The van der Waals surface area contributed by atoms with E-state index < -0.39 is 0 Å². The molecule has 1 aromatic heterocycles. The summed E-state index contributed by atoms with van der Waals surface area (Å²) in [4.78, 5) is 12.1. The molecule has 0 fully saturated rings. The van der Waals surface area contributed by atoms with Crippen molar-refractivity contribution in [2.45, 2.75) is 27.0 Å². The molecule has 6 nitrogen and oxygen atoms in total. The van der Waals surface area contributed by atoms with Crippen molar-refractivity contribution in [1.29, 1.82) is 0 Å². The Hall–Kier alpha value is -2.93. The maximum atomic E-state index is 12.1. The van der Waals surface area contributed by atoms with Gasteiger partial charge < -0.3 is 4.74 Å². The van der Waals surface area contributed by atoms with Crippen LogP contribution < -0.4 is 10.2 Å². The number of amides is 1. The van der Waals surface area contributed by atoms with Crippen molar-refractivity contribution in [3.05, 3.63) is 81.6 Å². The minimum absolute atomic E-state index is 0.107. The number of aryl methyl sites for hydroxylation is 1. The molecular formula is C21H21BrN4O2. The normalized spacial score (nSPS) is 11.0. The van der Waals surface area contributed by atoms with E-state index in [9.17, 15) is 4.79 Å². The van der Waals surface area contributed by atoms with E-state index >= 15 is 0 Å². The predicted octanol–water partition coefficient (Wildman–Crippen LogP) is 3.99. The Bertz CT molecular complexity index is 983.